The number of nitrogens with zero attached hydrogens (tertiary/aromatic N) is 2. The van der Waals surface area contributed by atoms with E-state index in [2.05, 4.69) is 4.98 Å². The molecule has 0 saturated heterocycles. The zero-order chi connectivity index (χ0) is 13.8. The SMILES string of the molecule is CC(O)c1ccnc(Oc2cccc([N+](=O)[O-])c2)c1. The number of rotatable bonds is 4. The first-order chi connectivity index (χ1) is 9.06. The second-order valence-electron chi connectivity index (χ2n) is 3.96. The molecule has 1 atom stereocenters. The molecule has 1 aromatic carbocycles. The average Bonchev–Trinajstić information content (AvgIpc) is 2.39. The van der Waals surface area contributed by atoms with Crippen molar-refractivity contribution in [3.05, 3.63) is 58.3 Å². The molecular formula is C13H12N2O4. The number of ether oxygens (including phenoxy) is 1. The molecule has 1 unspecified atom stereocenters. The Balaban J connectivity index is 2.23. The van der Waals surface area contributed by atoms with Crippen molar-refractivity contribution in [2.75, 3.05) is 0 Å². The first kappa shape index (κ1) is 13.0. The summed E-state index contributed by atoms with van der Waals surface area (Å²) < 4.78 is 5.43. The summed E-state index contributed by atoms with van der Waals surface area (Å²) in [7, 11) is 0. The number of benzene rings is 1. The van der Waals surface area contributed by atoms with Crippen LogP contribution in [0.15, 0.2) is 42.6 Å². The summed E-state index contributed by atoms with van der Waals surface area (Å²) in [5.74, 6) is 0.600. The highest BCUT2D eigenvalue weighted by Crippen LogP contribution is 2.25. The number of nitro groups is 1. The second-order valence-corrected chi connectivity index (χ2v) is 3.96. The van der Waals surface area contributed by atoms with Crippen LogP contribution < -0.4 is 4.74 Å². The summed E-state index contributed by atoms with van der Waals surface area (Å²) in [4.78, 5) is 14.1. The Kier molecular flexibility index (Phi) is 3.72. The number of hydrogen-bond donors (Lipinski definition) is 1. The van der Waals surface area contributed by atoms with Crippen molar-refractivity contribution in [2.45, 2.75) is 13.0 Å². The quantitative estimate of drug-likeness (QED) is 0.674. The number of aromatic nitrogens is 1. The van der Waals surface area contributed by atoms with Gasteiger partial charge in [0, 0.05) is 18.3 Å². The summed E-state index contributed by atoms with van der Waals surface area (Å²) >= 11 is 0. The molecule has 0 aliphatic rings. The average molecular weight is 260 g/mol. The van der Waals surface area contributed by atoms with Gasteiger partial charge < -0.3 is 9.84 Å². The standard InChI is InChI=1S/C13H12N2O4/c1-9(16)10-5-6-14-13(7-10)19-12-4-2-3-11(8-12)15(17)18/h2-9,16H,1H3. The van der Waals surface area contributed by atoms with E-state index < -0.39 is 11.0 Å². The minimum atomic E-state index is -0.629. The molecule has 0 aliphatic carbocycles. The molecule has 0 radical (unpaired) electrons. The molecular weight excluding hydrogens is 248 g/mol. The highest BCUT2D eigenvalue weighted by Gasteiger charge is 2.08. The fraction of sp³-hybridized carbons (Fsp3) is 0.154. The highest BCUT2D eigenvalue weighted by molar-refractivity contribution is 5.39. The maximum atomic E-state index is 10.7. The molecule has 1 aromatic heterocycles. The maximum Gasteiger partial charge on any atom is 0.273 e. The van der Waals surface area contributed by atoms with Crippen LogP contribution in [0.25, 0.3) is 0 Å². The Labute approximate surface area is 109 Å². The van der Waals surface area contributed by atoms with Gasteiger partial charge in [-0.15, -0.1) is 0 Å². The Morgan fingerprint density at radius 3 is 2.84 bits per heavy atom. The van der Waals surface area contributed by atoms with Crippen LogP contribution >= 0.6 is 0 Å². The Morgan fingerprint density at radius 2 is 2.16 bits per heavy atom. The predicted molar refractivity (Wildman–Crippen MR) is 68.0 cm³/mol. The first-order valence-corrected chi connectivity index (χ1v) is 5.62. The lowest BCUT2D eigenvalue weighted by molar-refractivity contribution is -0.384. The van der Waals surface area contributed by atoms with Gasteiger partial charge in [0.1, 0.15) is 5.75 Å². The van der Waals surface area contributed by atoms with Gasteiger partial charge in [-0.25, -0.2) is 4.98 Å². The van der Waals surface area contributed by atoms with Crippen molar-refractivity contribution in [3.63, 3.8) is 0 Å². The van der Waals surface area contributed by atoms with Crippen LogP contribution in [-0.4, -0.2) is 15.0 Å². The van der Waals surface area contributed by atoms with Gasteiger partial charge in [0.2, 0.25) is 5.88 Å². The first-order valence-electron chi connectivity index (χ1n) is 5.62. The summed E-state index contributed by atoms with van der Waals surface area (Å²) in [6, 6.07) is 9.09. The third kappa shape index (κ3) is 3.26. The van der Waals surface area contributed by atoms with Crippen molar-refractivity contribution < 1.29 is 14.8 Å². The molecule has 1 N–H and O–H groups in total. The number of pyridine rings is 1. The Bertz CT molecular complexity index is 599. The van der Waals surface area contributed by atoms with Gasteiger partial charge in [0.25, 0.3) is 5.69 Å². The number of aliphatic hydroxyl groups excluding tert-OH is 1. The van der Waals surface area contributed by atoms with Crippen LogP contribution in [0.3, 0.4) is 0 Å². The normalized spacial score (nSPS) is 11.9. The zero-order valence-electron chi connectivity index (χ0n) is 10.2. The van der Waals surface area contributed by atoms with E-state index in [1.54, 1.807) is 25.1 Å². The predicted octanol–water partition coefficient (Wildman–Crippen LogP) is 2.84. The maximum absolute atomic E-state index is 10.7. The van der Waals surface area contributed by atoms with Crippen molar-refractivity contribution >= 4 is 5.69 Å². The highest BCUT2D eigenvalue weighted by atomic mass is 16.6. The van der Waals surface area contributed by atoms with Crippen LogP contribution in [0.2, 0.25) is 0 Å². The van der Waals surface area contributed by atoms with Crippen molar-refractivity contribution in [1.29, 1.82) is 0 Å². The zero-order valence-corrected chi connectivity index (χ0v) is 10.2. The Morgan fingerprint density at radius 1 is 1.37 bits per heavy atom. The van der Waals surface area contributed by atoms with Gasteiger partial charge in [0.05, 0.1) is 17.1 Å². The molecule has 0 bridgehead atoms. The summed E-state index contributed by atoms with van der Waals surface area (Å²) in [6.07, 6.45) is 0.879. The van der Waals surface area contributed by atoms with E-state index in [9.17, 15) is 15.2 Å². The lowest BCUT2D eigenvalue weighted by Gasteiger charge is -2.08. The van der Waals surface area contributed by atoms with Gasteiger partial charge in [0.15, 0.2) is 0 Å². The molecule has 6 nitrogen and oxygen atoms in total. The molecule has 0 spiro atoms. The summed E-state index contributed by atoms with van der Waals surface area (Å²) in [5, 5.41) is 20.1. The number of nitro benzene ring substituents is 1. The smallest absolute Gasteiger partial charge is 0.273 e. The van der Waals surface area contributed by atoms with Crippen LogP contribution in [-0.2, 0) is 0 Å². The van der Waals surface area contributed by atoms with Gasteiger partial charge in [-0.3, -0.25) is 10.1 Å². The van der Waals surface area contributed by atoms with E-state index in [0.29, 0.717) is 11.3 Å². The lowest BCUT2D eigenvalue weighted by atomic mass is 10.2. The molecule has 98 valence electrons. The molecule has 2 rings (SSSR count). The van der Waals surface area contributed by atoms with Gasteiger partial charge in [-0.1, -0.05) is 6.07 Å². The van der Waals surface area contributed by atoms with Gasteiger partial charge in [-0.05, 0) is 24.6 Å². The molecule has 1 heterocycles. The molecule has 0 saturated carbocycles. The van der Waals surface area contributed by atoms with E-state index in [4.69, 9.17) is 4.74 Å². The fourth-order valence-corrected chi connectivity index (χ4v) is 1.52. The van der Waals surface area contributed by atoms with E-state index in [-0.39, 0.29) is 11.6 Å². The van der Waals surface area contributed by atoms with Gasteiger partial charge in [-0.2, -0.15) is 0 Å². The summed E-state index contributed by atoms with van der Waals surface area (Å²) in [6.45, 7) is 1.63. The third-order valence-corrected chi connectivity index (χ3v) is 2.49. The van der Waals surface area contributed by atoms with Crippen molar-refractivity contribution in [1.82, 2.24) is 4.98 Å². The summed E-state index contributed by atoms with van der Waals surface area (Å²) in [5.41, 5.74) is 0.611. The van der Waals surface area contributed by atoms with Gasteiger partial charge >= 0.3 is 0 Å². The topological polar surface area (TPSA) is 85.5 Å². The Hall–Kier alpha value is -2.47. The number of hydrogen-bond acceptors (Lipinski definition) is 5. The van der Waals surface area contributed by atoms with Crippen molar-refractivity contribution in [2.24, 2.45) is 0 Å². The minimum absolute atomic E-state index is 0.0517. The number of non-ortho nitro benzene ring substituents is 1. The molecule has 2 aromatic rings. The van der Waals surface area contributed by atoms with Crippen LogP contribution in [0.5, 0.6) is 11.6 Å². The molecule has 19 heavy (non-hydrogen) atoms. The van der Waals surface area contributed by atoms with Crippen molar-refractivity contribution in [3.8, 4) is 11.6 Å². The van der Waals surface area contributed by atoms with Crippen LogP contribution in [0.1, 0.15) is 18.6 Å². The lowest BCUT2D eigenvalue weighted by Crippen LogP contribution is -1.94. The monoisotopic (exact) mass is 260 g/mol. The molecule has 0 amide bonds. The molecule has 0 aliphatic heterocycles. The largest absolute Gasteiger partial charge is 0.439 e. The van der Waals surface area contributed by atoms with E-state index in [1.165, 1.54) is 24.4 Å². The third-order valence-electron chi connectivity index (χ3n) is 2.49. The van der Waals surface area contributed by atoms with Crippen LogP contribution in [0, 0.1) is 10.1 Å². The minimum Gasteiger partial charge on any atom is -0.439 e. The van der Waals surface area contributed by atoms with E-state index >= 15 is 0 Å². The van der Waals surface area contributed by atoms with E-state index in [1.807, 2.05) is 0 Å². The molecule has 6 heteroatoms. The second kappa shape index (κ2) is 5.45. The van der Waals surface area contributed by atoms with Crippen LogP contribution in [0.4, 0.5) is 5.69 Å². The number of aliphatic hydroxyl groups is 1. The fourth-order valence-electron chi connectivity index (χ4n) is 1.52. The van der Waals surface area contributed by atoms with E-state index in [0.717, 1.165) is 0 Å². The molecule has 0 fully saturated rings.